The lowest BCUT2D eigenvalue weighted by atomic mass is 9.98. The van der Waals surface area contributed by atoms with Crippen molar-refractivity contribution in [3.63, 3.8) is 0 Å². The van der Waals surface area contributed by atoms with Crippen LogP contribution in [-0.4, -0.2) is 42.9 Å². The van der Waals surface area contributed by atoms with Crippen LogP contribution in [0.5, 0.6) is 0 Å². The van der Waals surface area contributed by atoms with Crippen molar-refractivity contribution in [1.29, 1.82) is 0 Å². The van der Waals surface area contributed by atoms with Gasteiger partial charge < -0.3 is 23.8 Å². The molecule has 3 aliphatic rings. The lowest BCUT2D eigenvalue weighted by molar-refractivity contribution is -0.313. The first kappa shape index (κ1) is 14.1. The quantitative estimate of drug-likeness (QED) is 0.837. The normalized spacial score (nSPS) is 38.9. The lowest BCUT2D eigenvalue weighted by Gasteiger charge is -2.28. The maximum absolute atomic E-state index is 6.00. The van der Waals surface area contributed by atoms with Gasteiger partial charge in [0.1, 0.15) is 6.10 Å². The largest absolute Gasteiger partial charge is 0.356 e. The zero-order valence-corrected chi connectivity index (χ0v) is 12.8. The molecule has 4 rings (SSSR count). The highest BCUT2D eigenvalue weighted by Crippen LogP contribution is 2.48. The van der Waals surface area contributed by atoms with Crippen LogP contribution >= 0.6 is 0 Å². The molecule has 0 unspecified atom stereocenters. The summed E-state index contributed by atoms with van der Waals surface area (Å²) in [7, 11) is 1.59. The van der Waals surface area contributed by atoms with Crippen LogP contribution in [0.4, 0.5) is 0 Å². The maximum Gasteiger partial charge on any atom is 0.274 e. The molecule has 6 heteroatoms. The first-order chi connectivity index (χ1) is 10.5. The monoisotopic (exact) mass is 305 g/mol. The van der Waals surface area contributed by atoms with Gasteiger partial charge in [-0.25, -0.2) is 0 Å². The predicted octanol–water partition coefficient (Wildman–Crippen LogP) is 2.03. The van der Waals surface area contributed by atoms with Gasteiger partial charge in [-0.2, -0.15) is 0 Å². The smallest absolute Gasteiger partial charge is 0.274 e. The number of benzene rings is 1. The lowest BCUT2D eigenvalue weighted by Crippen LogP contribution is -2.43. The Labute approximate surface area is 128 Å². The second-order valence-corrected chi connectivity index (χ2v) is 6.23. The van der Waals surface area contributed by atoms with Gasteiger partial charge in [0.2, 0.25) is 0 Å². The van der Waals surface area contributed by atoms with Gasteiger partial charge in [-0.15, -0.1) is 0 Å². The molecule has 118 valence electrons. The van der Waals surface area contributed by atoms with Crippen molar-refractivity contribution in [1.82, 2.24) is 0 Å². The minimum absolute atomic E-state index is 0.328. The van der Waals surface area contributed by atoms with Gasteiger partial charge in [0.15, 0.2) is 18.2 Å². The van der Waals surface area contributed by atoms with E-state index in [9.17, 15) is 0 Å². The summed E-state index contributed by atoms with van der Waals surface area (Å²) in [5.41, 5.74) is 1.85. The Balaban J connectivity index is 1.61. The molecule has 22 heavy (non-hydrogen) atoms. The van der Waals surface area contributed by atoms with Crippen LogP contribution in [0.15, 0.2) is 35.5 Å². The van der Waals surface area contributed by atoms with Crippen LogP contribution in [0.3, 0.4) is 0 Å². The molecule has 4 atom stereocenters. The first-order valence-corrected chi connectivity index (χ1v) is 7.40. The molecule has 0 amide bonds. The van der Waals surface area contributed by atoms with Gasteiger partial charge in [0, 0.05) is 7.11 Å². The van der Waals surface area contributed by atoms with Crippen LogP contribution in [0.25, 0.3) is 0 Å². The topological polar surface area (TPSA) is 58.5 Å². The first-order valence-electron chi connectivity index (χ1n) is 7.40. The van der Waals surface area contributed by atoms with Crippen molar-refractivity contribution < 1.29 is 23.8 Å². The molecule has 0 bridgehead atoms. The van der Waals surface area contributed by atoms with E-state index in [1.807, 2.05) is 44.2 Å². The SMILES string of the molecule is CO[C@@H]1O[C@@]2(CC(c3ccccc3)=NO2)[C@H]2OC(C)(C)O[C@@H]12. The van der Waals surface area contributed by atoms with E-state index in [-0.39, 0.29) is 12.2 Å². The van der Waals surface area contributed by atoms with E-state index in [1.165, 1.54) is 0 Å². The number of ether oxygens (including phenoxy) is 4. The maximum atomic E-state index is 6.00. The van der Waals surface area contributed by atoms with E-state index in [0.29, 0.717) is 6.42 Å². The van der Waals surface area contributed by atoms with E-state index < -0.39 is 17.9 Å². The van der Waals surface area contributed by atoms with Gasteiger partial charge in [-0.3, -0.25) is 0 Å². The van der Waals surface area contributed by atoms with E-state index in [0.717, 1.165) is 11.3 Å². The summed E-state index contributed by atoms with van der Waals surface area (Å²) < 4.78 is 23.3. The molecule has 1 aromatic carbocycles. The number of fused-ring (bicyclic) bond motifs is 2. The third-order valence-electron chi connectivity index (χ3n) is 4.21. The summed E-state index contributed by atoms with van der Waals surface area (Å²) in [5.74, 6) is -1.67. The zero-order valence-electron chi connectivity index (χ0n) is 12.8. The van der Waals surface area contributed by atoms with E-state index in [1.54, 1.807) is 7.11 Å². The van der Waals surface area contributed by atoms with Gasteiger partial charge in [-0.1, -0.05) is 35.5 Å². The van der Waals surface area contributed by atoms with E-state index in [4.69, 9.17) is 23.8 Å². The van der Waals surface area contributed by atoms with Gasteiger partial charge in [-0.05, 0) is 19.4 Å². The van der Waals surface area contributed by atoms with Crippen molar-refractivity contribution in [3.05, 3.63) is 35.9 Å². The molecule has 2 fully saturated rings. The minimum Gasteiger partial charge on any atom is -0.356 e. The molecule has 0 aromatic heterocycles. The second-order valence-electron chi connectivity index (χ2n) is 6.23. The van der Waals surface area contributed by atoms with Crippen LogP contribution in [0.1, 0.15) is 25.8 Å². The van der Waals surface area contributed by atoms with Crippen molar-refractivity contribution >= 4 is 5.71 Å². The zero-order chi connectivity index (χ0) is 15.4. The molecular weight excluding hydrogens is 286 g/mol. The minimum atomic E-state index is -0.982. The van der Waals surface area contributed by atoms with Gasteiger partial charge in [0.05, 0.1) is 12.1 Å². The Morgan fingerprint density at radius 3 is 2.64 bits per heavy atom. The number of oxime groups is 1. The summed E-state index contributed by atoms with van der Waals surface area (Å²) in [6.07, 6.45) is -0.739. The molecule has 6 nitrogen and oxygen atoms in total. The van der Waals surface area contributed by atoms with Crippen molar-refractivity contribution in [2.45, 2.75) is 50.3 Å². The predicted molar refractivity (Wildman–Crippen MR) is 77.1 cm³/mol. The summed E-state index contributed by atoms with van der Waals surface area (Å²) in [5, 5.41) is 4.22. The summed E-state index contributed by atoms with van der Waals surface area (Å²) in [6, 6.07) is 9.90. The van der Waals surface area contributed by atoms with Crippen LogP contribution in [-0.2, 0) is 23.8 Å². The Morgan fingerprint density at radius 1 is 1.14 bits per heavy atom. The Bertz CT molecular complexity index is 602. The van der Waals surface area contributed by atoms with E-state index >= 15 is 0 Å². The standard InChI is InChI=1S/C16H19NO5/c1-15(2)19-12-13(20-15)16(21-14(12)18-3)9-11(17-22-16)10-7-5-4-6-8-10/h4-8,12-14H,9H2,1-3H3/t12-,13+,14-,16-/m1/s1. The number of rotatable bonds is 2. The average molecular weight is 305 g/mol. The molecule has 0 N–H and O–H groups in total. The molecule has 0 radical (unpaired) electrons. The molecule has 3 heterocycles. The summed E-state index contributed by atoms with van der Waals surface area (Å²) in [6.45, 7) is 3.75. The molecular formula is C16H19NO5. The Hall–Kier alpha value is -1.47. The fourth-order valence-corrected chi connectivity index (χ4v) is 3.27. The van der Waals surface area contributed by atoms with E-state index in [2.05, 4.69) is 5.16 Å². The van der Waals surface area contributed by atoms with Crippen molar-refractivity contribution in [2.75, 3.05) is 7.11 Å². The second kappa shape index (κ2) is 4.76. The summed E-state index contributed by atoms with van der Waals surface area (Å²) >= 11 is 0. The van der Waals surface area contributed by atoms with Crippen LogP contribution < -0.4 is 0 Å². The number of hydrogen-bond donors (Lipinski definition) is 0. The Morgan fingerprint density at radius 2 is 1.91 bits per heavy atom. The molecule has 1 aromatic rings. The fraction of sp³-hybridized carbons (Fsp3) is 0.562. The summed E-state index contributed by atoms with van der Waals surface area (Å²) in [4.78, 5) is 5.69. The molecule has 0 aliphatic carbocycles. The highest BCUT2D eigenvalue weighted by molar-refractivity contribution is 6.01. The highest BCUT2D eigenvalue weighted by atomic mass is 16.9. The molecule has 0 saturated carbocycles. The molecule has 1 spiro atoms. The van der Waals surface area contributed by atoms with Gasteiger partial charge >= 0.3 is 0 Å². The molecule has 3 aliphatic heterocycles. The third kappa shape index (κ3) is 2.06. The Kier molecular flexibility index (Phi) is 3.06. The number of methoxy groups -OCH3 is 1. The van der Waals surface area contributed by atoms with Crippen molar-refractivity contribution in [3.8, 4) is 0 Å². The van der Waals surface area contributed by atoms with Crippen LogP contribution in [0.2, 0.25) is 0 Å². The third-order valence-corrected chi connectivity index (χ3v) is 4.21. The van der Waals surface area contributed by atoms with Gasteiger partial charge in [0.25, 0.3) is 5.79 Å². The number of nitrogens with zero attached hydrogens (tertiary/aromatic N) is 1. The van der Waals surface area contributed by atoms with Crippen LogP contribution in [0, 0.1) is 0 Å². The highest BCUT2D eigenvalue weighted by Gasteiger charge is 2.67. The average Bonchev–Trinajstić information content (AvgIpc) is 3.14. The number of hydrogen-bond acceptors (Lipinski definition) is 6. The fourth-order valence-electron chi connectivity index (χ4n) is 3.27. The molecule has 2 saturated heterocycles. The van der Waals surface area contributed by atoms with Crippen molar-refractivity contribution in [2.24, 2.45) is 5.16 Å².